The quantitative estimate of drug-likeness (QED) is 0.859. The molecule has 1 aromatic rings. The van der Waals surface area contributed by atoms with E-state index in [0.717, 1.165) is 31.7 Å². The first-order chi connectivity index (χ1) is 9.83. The summed E-state index contributed by atoms with van der Waals surface area (Å²) in [5.74, 6) is 1.24. The number of alkyl carbamates (subject to hydrolysis) is 1. The minimum atomic E-state index is -0.468. The van der Waals surface area contributed by atoms with E-state index in [4.69, 9.17) is 10.5 Å². The number of nitrogen functional groups attached to an aromatic ring is 1. The molecule has 1 aliphatic heterocycles. The van der Waals surface area contributed by atoms with Crippen molar-refractivity contribution in [1.82, 2.24) is 15.5 Å². The molecule has 116 valence electrons. The number of rotatable bonds is 2. The van der Waals surface area contributed by atoms with Gasteiger partial charge in [0.1, 0.15) is 11.4 Å². The summed E-state index contributed by atoms with van der Waals surface area (Å²) in [5.41, 5.74) is 5.06. The van der Waals surface area contributed by atoms with Crippen molar-refractivity contribution in [2.45, 2.75) is 45.3 Å². The van der Waals surface area contributed by atoms with Crippen LogP contribution in [0.2, 0.25) is 0 Å². The summed E-state index contributed by atoms with van der Waals surface area (Å²) in [4.78, 5) is 13.9. The van der Waals surface area contributed by atoms with Crippen molar-refractivity contribution < 1.29 is 9.53 Å². The van der Waals surface area contributed by atoms with Crippen LogP contribution >= 0.6 is 0 Å². The van der Waals surface area contributed by atoms with Crippen LogP contribution in [0.1, 0.15) is 33.6 Å². The van der Waals surface area contributed by atoms with E-state index in [1.54, 1.807) is 6.07 Å². The second-order valence-electron chi connectivity index (χ2n) is 6.22. The number of carbonyl (C=O) groups is 1. The third kappa shape index (κ3) is 4.77. The van der Waals surface area contributed by atoms with Gasteiger partial charge < -0.3 is 20.7 Å². The summed E-state index contributed by atoms with van der Waals surface area (Å²) in [7, 11) is 0. The fraction of sp³-hybridized carbons (Fsp3) is 0.643. The van der Waals surface area contributed by atoms with Crippen LogP contribution in [0.15, 0.2) is 12.1 Å². The summed E-state index contributed by atoms with van der Waals surface area (Å²) in [6, 6.07) is 3.75. The molecule has 1 amide bonds. The lowest BCUT2D eigenvalue weighted by atomic mass is 10.1. The van der Waals surface area contributed by atoms with Gasteiger partial charge in [-0.3, -0.25) is 0 Å². The van der Waals surface area contributed by atoms with Gasteiger partial charge in [0.2, 0.25) is 0 Å². The molecule has 1 aromatic heterocycles. The van der Waals surface area contributed by atoms with Crippen molar-refractivity contribution in [2.24, 2.45) is 0 Å². The molecule has 2 heterocycles. The highest BCUT2D eigenvalue weighted by molar-refractivity contribution is 5.68. The van der Waals surface area contributed by atoms with E-state index in [1.807, 2.05) is 26.8 Å². The second kappa shape index (κ2) is 6.15. The van der Waals surface area contributed by atoms with Gasteiger partial charge in [0.15, 0.2) is 5.82 Å². The number of hydrogen-bond acceptors (Lipinski definition) is 6. The van der Waals surface area contributed by atoms with Crippen LogP contribution in [-0.2, 0) is 4.74 Å². The van der Waals surface area contributed by atoms with Gasteiger partial charge in [-0.2, -0.15) is 0 Å². The molecule has 1 fully saturated rings. The SMILES string of the molecule is CC(C)(C)OC(=O)NC1CCN(c2ccc(N)nn2)CC1. The first-order valence-corrected chi connectivity index (χ1v) is 7.17. The summed E-state index contributed by atoms with van der Waals surface area (Å²) >= 11 is 0. The predicted octanol–water partition coefficient (Wildman–Crippen LogP) is 1.55. The summed E-state index contributed by atoms with van der Waals surface area (Å²) in [5, 5.41) is 10.8. The van der Waals surface area contributed by atoms with Crippen LogP contribution in [0.4, 0.5) is 16.4 Å². The number of hydrogen-bond donors (Lipinski definition) is 2. The van der Waals surface area contributed by atoms with Crippen LogP contribution in [0, 0.1) is 0 Å². The lowest BCUT2D eigenvalue weighted by Crippen LogP contribution is -2.46. The molecular formula is C14H23N5O2. The molecule has 0 radical (unpaired) electrons. The zero-order valence-electron chi connectivity index (χ0n) is 12.8. The molecule has 1 saturated heterocycles. The van der Waals surface area contributed by atoms with Gasteiger partial charge in [0, 0.05) is 19.1 Å². The van der Waals surface area contributed by atoms with Crippen LogP contribution in [0.5, 0.6) is 0 Å². The number of anilines is 2. The molecule has 0 saturated carbocycles. The molecule has 3 N–H and O–H groups in total. The molecule has 0 atom stereocenters. The number of nitrogens with zero attached hydrogens (tertiary/aromatic N) is 3. The van der Waals surface area contributed by atoms with Gasteiger partial charge in [-0.05, 0) is 45.7 Å². The third-order valence-corrected chi connectivity index (χ3v) is 3.21. The highest BCUT2D eigenvalue weighted by Crippen LogP contribution is 2.18. The Morgan fingerprint density at radius 1 is 1.33 bits per heavy atom. The van der Waals surface area contributed by atoms with Crippen LogP contribution < -0.4 is 16.0 Å². The first-order valence-electron chi connectivity index (χ1n) is 7.17. The number of piperidine rings is 1. The monoisotopic (exact) mass is 293 g/mol. The van der Waals surface area contributed by atoms with Crippen molar-refractivity contribution in [1.29, 1.82) is 0 Å². The van der Waals surface area contributed by atoms with Crippen LogP contribution in [0.3, 0.4) is 0 Å². The van der Waals surface area contributed by atoms with Crippen molar-refractivity contribution in [3.8, 4) is 0 Å². The molecule has 0 unspecified atom stereocenters. The Kier molecular flexibility index (Phi) is 4.50. The largest absolute Gasteiger partial charge is 0.444 e. The number of nitrogens with one attached hydrogen (secondary N) is 1. The Morgan fingerprint density at radius 3 is 2.52 bits per heavy atom. The molecule has 1 aliphatic rings. The van der Waals surface area contributed by atoms with E-state index >= 15 is 0 Å². The molecule has 7 nitrogen and oxygen atoms in total. The Morgan fingerprint density at radius 2 is 2.00 bits per heavy atom. The van der Waals surface area contributed by atoms with Gasteiger partial charge in [-0.25, -0.2) is 4.79 Å². The molecule has 2 rings (SSSR count). The lowest BCUT2D eigenvalue weighted by molar-refractivity contribution is 0.0497. The molecule has 0 spiro atoms. The fourth-order valence-electron chi connectivity index (χ4n) is 2.23. The van der Waals surface area contributed by atoms with E-state index in [-0.39, 0.29) is 12.1 Å². The van der Waals surface area contributed by atoms with E-state index in [0.29, 0.717) is 5.82 Å². The molecule has 0 bridgehead atoms. The number of amides is 1. The smallest absolute Gasteiger partial charge is 0.407 e. The number of aromatic nitrogens is 2. The molecule has 0 aromatic carbocycles. The zero-order valence-corrected chi connectivity index (χ0v) is 12.8. The topological polar surface area (TPSA) is 93.4 Å². The third-order valence-electron chi connectivity index (χ3n) is 3.21. The summed E-state index contributed by atoms with van der Waals surface area (Å²) < 4.78 is 5.27. The van der Waals surface area contributed by atoms with Crippen molar-refractivity contribution in [3.63, 3.8) is 0 Å². The maximum atomic E-state index is 11.7. The zero-order chi connectivity index (χ0) is 15.5. The van der Waals surface area contributed by atoms with Gasteiger partial charge in [0.05, 0.1) is 0 Å². The lowest BCUT2D eigenvalue weighted by Gasteiger charge is -2.33. The van der Waals surface area contributed by atoms with Crippen LogP contribution in [-0.4, -0.2) is 41.0 Å². The Bertz CT molecular complexity index is 475. The van der Waals surface area contributed by atoms with Gasteiger partial charge in [-0.1, -0.05) is 0 Å². The maximum Gasteiger partial charge on any atom is 0.407 e. The van der Waals surface area contributed by atoms with Gasteiger partial charge in [-0.15, -0.1) is 10.2 Å². The minimum absolute atomic E-state index is 0.137. The first kappa shape index (κ1) is 15.3. The Balaban J connectivity index is 1.80. The van der Waals surface area contributed by atoms with Crippen molar-refractivity contribution in [2.75, 3.05) is 23.7 Å². The summed E-state index contributed by atoms with van der Waals surface area (Å²) in [6.45, 7) is 7.21. The standard InChI is InChI=1S/C14H23N5O2/c1-14(2,3)21-13(20)16-10-6-8-19(9-7-10)12-5-4-11(15)17-18-12/h4-5,10H,6-9H2,1-3H3,(H2,15,17)(H,16,20). The number of nitrogens with two attached hydrogens (primary N) is 1. The maximum absolute atomic E-state index is 11.7. The highest BCUT2D eigenvalue weighted by atomic mass is 16.6. The average Bonchev–Trinajstić information content (AvgIpc) is 2.38. The van der Waals surface area contributed by atoms with Gasteiger partial charge in [0.25, 0.3) is 0 Å². The van der Waals surface area contributed by atoms with E-state index in [1.165, 1.54) is 0 Å². The predicted molar refractivity (Wildman–Crippen MR) is 81.0 cm³/mol. The Labute approximate surface area is 124 Å². The number of ether oxygens (including phenoxy) is 1. The highest BCUT2D eigenvalue weighted by Gasteiger charge is 2.24. The van der Waals surface area contributed by atoms with Crippen LogP contribution in [0.25, 0.3) is 0 Å². The average molecular weight is 293 g/mol. The van der Waals surface area contributed by atoms with Gasteiger partial charge >= 0.3 is 6.09 Å². The summed E-state index contributed by atoms with van der Waals surface area (Å²) in [6.07, 6.45) is 1.35. The molecular weight excluding hydrogens is 270 g/mol. The minimum Gasteiger partial charge on any atom is -0.444 e. The Hall–Kier alpha value is -2.05. The second-order valence-corrected chi connectivity index (χ2v) is 6.22. The van der Waals surface area contributed by atoms with Crippen molar-refractivity contribution >= 4 is 17.7 Å². The molecule has 0 aliphatic carbocycles. The van der Waals surface area contributed by atoms with E-state index in [9.17, 15) is 4.79 Å². The van der Waals surface area contributed by atoms with E-state index in [2.05, 4.69) is 20.4 Å². The molecule has 7 heteroatoms. The number of carbonyl (C=O) groups excluding carboxylic acids is 1. The van der Waals surface area contributed by atoms with Crippen molar-refractivity contribution in [3.05, 3.63) is 12.1 Å². The van der Waals surface area contributed by atoms with E-state index < -0.39 is 5.60 Å². The normalized spacial score (nSPS) is 16.6. The fourth-order valence-corrected chi connectivity index (χ4v) is 2.23. The molecule has 21 heavy (non-hydrogen) atoms.